The molecule has 0 radical (unpaired) electrons. The van der Waals surface area contributed by atoms with Crippen LogP contribution in [0.5, 0.6) is 0 Å². The van der Waals surface area contributed by atoms with Crippen LogP contribution in [0, 0.1) is 11.7 Å². The number of ether oxygens (including phenoxy) is 1. The summed E-state index contributed by atoms with van der Waals surface area (Å²) in [7, 11) is 1.63. The van der Waals surface area contributed by atoms with Gasteiger partial charge in [-0.3, -0.25) is 0 Å². The molecule has 2 aromatic rings. The lowest BCUT2D eigenvalue weighted by atomic mass is 10.1. The van der Waals surface area contributed by atoms with Crippen molar-refractivity contribution in [1.29, 1.82) is 0 Å². The van der Waals surface area contributed by atoms with E-state index in [4.69, 9.17) is 27.9 Å². The molecular formula is C15H13Cl2FN2O. The van der Waals surface area contributed by atoms with Crippen LogP contribution in [0.3, 0.4) is 0 Å². The molecule has 1 heterocycles. The summed E-state index contributed by atoms with van der Waals surface area (Å²) in [6.07, 6.45) is 2.01. The van der Waals surface area contributed by atoms with Crippen molar-refractivity contribution in [3.8, 4) is 11.1 Å². The molecule has 0 bridgehead atoms. The minimum Gasteiger partial charge on any atom is -0.373 e. The number of benzene rings is 1. The first kappa shape index (κ1) is 14.7. The molecule has 1 unspecified atom stereocenters. The summed E-state index contributed by atoms with van der Waals surface area (Å²) in [5.74, 6) is 0.608. The monoisotopic (exact) mass is 326 g/mol. The highest BCUT2D eigenvalue weighted by molar-refractivity contribution is 6.37. The first-order valence-corrected chi connectivity index (χ1v) is 7.37. The van der Waals surface area contributed by atoms with Crippen molar-refractivity contribution in [1.82, 2.24) is 9.97 Å². The van der Waals surface area contributed by atoms with Gasteiger partial charge >= 0.3 is 0 Å². The van der Waals surface area contributed by atoms with Gasteiger partial charge in [0.2, 0.25) is 0 Å². The lowest BCUT2D eigenvalue weighted by Crippen LogP contribution is -2.10. The fourth-order valence-electron chi connectivity index (χ4n) is 2.31. The molecule has 21 heavy (non-hydrogen) atoms. The maximum Gasteiger partial charge on any atom is 0.160 e. The van der Waals surface area contributed by atoms with Gasteiger partial charge in [-0.25, -0.2) is 14.4 Å². The summed E-state index contributed by atoms with van der Waals surface area (Å²) in [6.45, 7) is 0. The molecule has 0 amide bonds. The summed E-state index contributed by atoms with van der Waals surface area (Å²) in [5, 5.41) is 0.499. The van der Waals surface area contributed by atoms with Crippen LogP contribution in [0.4, 0.5) is 4.39 Å². The van der Waals surface area contributed by atoms with Crippen LogP contribution in [0.1, 0.15) is 24.8 Å². The predicted molar refractivity (Wildman–Crippen MR) is 79.9 cm³/mol. The molecule has 1 fully saturated rings. The fourth-order valence-corrected chi connectivity index (χ4v) is 2.93. The van der Waals surface area contributed by atoms with E-state index in [2.05, 4.69) is 9.97 Å². The van der Waals surface area contributed by atoms with Gasteiger partial charge in [-0.05, 0) is 36.5 Å². The zero-order valence-electron chi connectivity index (χ0n) is 11.3. The first-order chi connectivity index (χ1) is 10.1. The number of rotatable bonds is 4. The summed E-state index contributed by atoms with van der Waals surface area (Å²) in [5.41, 5.74) is 1.19. The van der Waals surface area contributed by atoms with Crippen molar-refractivity contribution in [3.63, 3.8) is 0 Å². The van der Waals surface area contributed by atoms with E-state index < -0.39 is 0 Å². The Labute approximate surface area is 132 Å². The van der Waals surface area contributed by atoms with Crippen molar-refractivity contribution in [2.45, 2.75) is 18.9 Å². The van der Waals surface area contributed by atoms with E-state index in [0.717, 1.165) is 12.8 Å². The molecule has 1 saturated carbocycles. The Morgan fingerprint density at radius 2 is 1.71 bits per heavy atom. The zero-order valence-corrected chi connectivity index (χ0v) is 12.8. The SMILES string of the molecule is COC(c1nc(Cl)c(-c2ccc(F)cc2)c(Cl)n1)C1CC1. The molecular weight excluding hydrogens is 314 g/mol. The van der Waals surface area contributed by atoms with Gasteiger partial charge in [0.1, 0.15) is 22.2 Å². The minimum absolute atomic E-state index is 0.178. The average molecular weight is 327 g/mol. The second-order valence-electron chi connectivity index (χ2n) is 5.04. The standard InChI is InChI=1S/C15H13Cl2FN2O/c1-21-12(9-2-3-9)15-19-13(16)11(14(17)20-15)8-4-6-10(18)7-5-8/h4-7,9,12H,2-3H2,1H3. The van der Waals surface area contributed by atoms with E-state index >= 15 is 0 Å². The minimum atomic E-state index is -0.322. The Morgan fingerprint density at radius 3 is 2.19 bits per heavy atom. The molecule has 110 valence electrons. The van der Waals surface area contributed by atoms with E-state index in [0.29, 0.717) is 22.9 Å². The molecule has 1 atom stereocenters. The number of aromatic nitrogens is 2. The second kappa shape index (κ2) is 5.87. The molecule has 1 aliphatic rings. The third kappa shape index (κ3) is 3.03. The van der Waals surface area contributed by atoms with E-state index in [-0.39, 0.29) is 22.2 Å². The summed E-state index contributed by atoms with van der Waals surface area (Å²) >= 11 is 12.5. The van der Waals surface area contributed by atoms with Crippen LogP contribution >= 0.6 is 23.2 Å². The highest BCUT2D eigenvalue weighted by Crippen LogP contribution is 2.43. The van der Waals surface area contributed by atoms with Gasteiger partial charge in [0, 0.05) is 7.11 Å². The van der Waals surface area contributed by atoms with Crippen LogP contribution in [-0.4, -0.2) is 17.1 Å². The quantitative estimate of drug-likeness (QED) is 0.764. The fraction of sp³-hybridized carbons (Fsp3) is 0.333. The summed E-state index contributed by atoms with van der Waals surface area (Å²) in [4.78, 5) is 8.63. The Balaban J connectivity index is 2.01. The Hall–Kier alpha value is -1.23. The van der Waals surface area contributed by atoms with Crippen molar-refractivity contribution in [2.24, 2.45) is 5.92 Å². The smallest absolute Gasteiger partial charge is 0.160 e. The molecule has 6 heteroatoms. The number of hydrogen-bond acceptors (Lipinski definition) is 3. The first-order valence-electron chi connectivity index (χ1n) is 6.62. The van der Waals surface area contributed by atoms with Crippen molar-refractivity contribution in [2.75, 3.05) is 7.11 Å². The maximum atomic E-state index is 13.0. The normalized spacial score (nSPS) is 16.0. The van der Waals surface area contributed by atoms with Crippen molar-refractivity contribution in [3.05, 3.63) is 46.2 Å². The van der Waals surface area contributed by atoms with E-state index in [1.165, 1.54) is 12.1 Å². The van der Waals surface area contributed by atoms with Gasteiger partial charge in [-0.2, -0.15) is 0 Å². The number of methoxy groups -OCH3 is 1. The van der Waals surface area contributed by atoms with Crippen LogP contribution in [-0.2, 0) is 4.74 Å². The van der Waals surface area contributed by atoms with Gasteiger partial charge in [0.05, 0.1) is 5.56 Å². The van der Waals surface area contributed by atoms with Gasteiger partial charge in [0.25, 0.3) is 0 Å². The Morgan fingerprint density at radius 1 is 1.14 bits per heavy atom. The molecule has 1 aromatic heterocycles. The van der Waals surface area contributed by atoms with Gasteiger partial charge in [0.15, 0.2) is 5.82 Å². The molecule has 3 nitrogen and oxygen atoms in total. The molecule has 1 aliphatic carbocycles. The molecule has 3 rings (SSSR count). The van der Waals surface area contributed by atoms with E-state index in [1.54, 1.807) is 19.2 Å². The summed E-state index contributed by atoms with van der Waals surface area (Å²) in [6, 6.07) is 5.89. The predicted octanol–water partition coefficient (Wildman–Crippen LogP) is 4.69. The molecule has 0 N–H and O–H groups in total. The van der Waals surface area contributed by atoms with Gasteiger partial charge in [-0.15, -0.1) is 0 Å². The van der Waals surface area contributed by atoms with Gasteiger partial charge in [-0.1, -0.05) is 35.3 Å². The summed E-state index contributed by atoms with van der Waals surface area (Å²) < 4.78 is 18.4. The third-order valence-electron chi connectivity index (χ3n) is 3.53. The topological polar surface area (TPSA) is 35.0 Å². The van der Waals surface area contributed by atoms with Crippen LogP contribution < -0.4 is 0 Å². The zero-order chi connectivity index (χ0) is 15.0. The highest BCUT2D eigenvalue weighted by atomic mass is 35.5. The van der Waals surface area contributed by atoms with Crippen molar-refractivity contribution >= 4 is 23.2 Å². The van der Waals surface area contributed by atoms with E-state index in [9.17, 15) is 4.39 Å². The molecule has 0 saturated heterocycles. The number of nitrogens with zero attached hydrogens (tertiary/aromatic N) is 2. The lowest BCUT2D eigenvalue weighted by molar-refractivity contribution is 0.0772. The second-order valence-corrected chi connectivity index (χ2v) is 5.76. The largest absolute Gasteiger partial charge is 0.373 e. The maximum absolute atomic E-state index is 13.0. The van der Waals surface area contributed by atoms with Gasteiger partial charge < -0.3 is 4.74 Å². The number of hydrogen-bond donors (Lipinski definition) is 0. The molecule has 1 aromatic carbocycles. The number of halogens is 3. The highest BCUT2D eigenvalue weighted by Gasteiger charge is 2.35. The Kier molecular flexibility index (Phi) is 4.11. The molecule has 0 aliphatic heterocycles. The average Bonchev–Trinajstić information content (AvgIpc) is 3.26. The van der Waals surface area contributed by atoms with Crippen LogP contribution in [0.2, 0.25) is 10.3 Å². The Bertz CT molecular complexity index is 636. The third-order valence-corrected chi connectivity index (χ3v) is 4.08. The van der Waals surface area contributed by atoms with E-state index in [1.807, 2.05) is 0 Å². The van der Waals surface area contributed by atoms with Crippen molar-refractivity contribution < 1.29 is 9.13 Å². The molecule has 0 spiro atoms. The lowest BCUT2D eigenvalue weighted by Gasteiger charge is -2.15. The van der Waals surface area contributed by atoms with Crippen LogP contribution in [0.25, 0.3) is 11.1 Å². The van der Waals surface area contributed by atoms with Crippen LogP contribution in [0.15, 0.2) is 24.3 Å².